The quantitative estimate of drug-likeness (QED) is 0.851. The van der Waals surface area contributed by atoms with E-state index < -0.39 is 0 Å². The Hall–Kier alpha value is -2.73. The van der Waals surface area contributed by atoms with Gasteiger partial charge in [0.1, 0.15) is 0 Å². The van der Waals surface area contributed by atoms with E-state index in [4.69, 9.17) is 4.74 Å². The Kier molecular flexibility index (Phi) is 5.37. The topological polar surface area (TPSA) is 67.3 Å². The van der Waals surface area contributed by atoms with Crippen LogP contribution in [0.3, 0.4) is 0 Å². The lowest BCUT2D eigenvalue weighted by Gasteiger charge is -2.44. The Morgan fingerprint density at radius 3 is 2.79 bits per heavy atom. The lowest BCUT2D eigenvalue weighted by molar-refractivity contribution is -0.117. The molecule has 1 aromatic carbocycles. The molecule has 29 heavy (non-hydrogen) atoms. The molecule has 152 valence electrons. The zero-order valence-corrected chi connectivity index (χ0v) is 17.5. The molecule has 1 unspecified atom stereocenters. The molecule has 0 saturated heterocycles. The molecule has 0 bridgehead atoms. The number of carbonyl (C=O) groups is 1. The molecule has 3 heterocycles. The van der Waals surface area contributed by atoms with Gasteiger partial charge in [0.15, 0.2) is 0 Å². The molecule has 4 rings (SSSR count). The highest BCUT2D eigenvalue weighted by Gasteiger charge is 2.38. The maximum Gasteiger partial charge on any atom is 0.224 e. The molecule has 0 aliphatic carbocycles. The number of anilines is 2. The number of nitrogens with one attached hydrogen (secondary N) is 1. The Balaban J connectivity index is 1.80. The molecule has 2 aliphatic rings. The van der Waals surface area contributed by atoms with Crippen LogP contribution in [0, 0.1) is 12.8 Å². The van der Waals surface area contributed by atoms with Gasteiger partial charge in [0, 0.05) is 36.5 Å². The van der Waals surface area contributed by atoms with E-state index in [2.05, 4.69) is 53.4 Å². The monoisotopic (exact) mass is 392 g/mol. The minimum atomic E-state index is 0.0118. The average Bonchev–Trinajstić information content (AvgIpc) is 2.72. The molecular weight excluding hydrogens is 364 g/mol. The summed E-state index contributed by atoms with van der Waals surface area (Å²) in [5, 5.41) is 3.54. The van der Waals surface area contributed by atoms with Crippen LogP contribution >= 0.6 is 0 Å². The third kappa shape index (κ3) is 3.77. The van der Waals surface area contributed by atoms with Crippen molar-refractivity contribution in [1.29, 1.82) is 0 Å². The van der Waals surface area contributed by atoms with E-state index in [0.29, 0.717) is 12.6 Å². The number of hydrogen-bond acceptors (Lipinski definition) is 5. The molecule has 6 heteroatoms. The zero-order chi connectivity index (χ0) is 20.5. The van der Waals surface area contributed by atoms with E-state index in [1.54, 1.807) is 13.1 Å². The summed E-state index contributed by atoms with van der Waals surface area (Å²) in [5.41, 5.74) is 5.48. The predicted molar refractivity (Wildman–Crippen MR) is 115 cm³/mol. The van der Waals surface area contributed by atoms with Gasteiger partial charge in [-0.1, -0.05) is 19.1 Å². The Morgan fingerprint density at radius 2 is 2.10 bits per heavy atom. The first-order valence-corrected chi connectivity index (χ1v) is 10.2. The van der Waals surface area contributed by atoms with Crippen LogP contribution in [-0.4, -0.2) is 35.1 Å². The van der Waals surface area contributed by atoms with Crippen molar-refractivity contribution in [2.24, 2.45) is 5.92 Å². The van der Waals surface area contributed by atoms with Gasteiger partial charge >= 0.3 is 0 Å². The van der Waals surface area contributed by atoms with Gasteiger partial charge in [-0.25, -0.2) is 9.97 Å². The lowest BCUT2D eigenvalue weighted by atomic mass is 9.81. The molecule has 3 atom stereocenters. The Labute approximate surface area is 172 Å². The normalized spacial score (nSPS) is 23.9. The fourth-order valence-electron chi connectivity index (χ4n) is 4.35. The summed E-state index contributed by atoms with van der Waals surface area (Å²) in [4.78, 5) is 23.3. The van der Waals surface area contributed by atoms with Crippen molar-refractivity contribution in [3.63, 3.8) is 0 Å². The first-order chi connectivity index (χ1) is 14.0. The van der Waals surface area contributed by atoms with E-state index in [1.807, 2.05) is 17.9 Å². The van der Waals surface area contributed by atoms with E-state index in [9.17, 15) is 4.79 Å². The number of rotatable bonds is 3. The van der Waals surface area contributed by atoms with Gasteiger partial charge in [0.2, 0.25) is 11.9 Å². The van der Waals surface area contributed by atoms with Crippen molar-refractivity contribution in [1.82, 2.24) is 9.97 Å². The molecule has 2 aromatic rings. The summed E-state index contributed by atoms with van der Waals surface area (Å²) in [7, 11) is 0. The van der Waals surface area contributed by atoms with Crippen LogP contribution < -0.4 is 10.2 Å². The molecule has 1 aromatic heterocycles. The van der Waals surface area contributed by atoms with E-state index in [-0.39, 0.29) is 23.9 Å². The Morgan fingerprint density at radius 1 is 1.28 bits per heavy atom. The van der Waals surface area contributed by atoms with E-state index >= 15 is 0 Å². The fourth-order valence-corrected chi connectivity index (χ4v) is 4.35. The predicted octanol–water partition coefficient (Wildman–Crippen LogP) is 4.13. The maximum absolute atomic E-state index is 12.5. The van der Waals surface area contributed by atoms with Crippen LogP contribution in [0.1, 0.15) is 50.1 Å². The first-order valence-electron chi connectivity index (χ1n) is 10.2. The minimum absolute atomic E-state index is 0.0118. The summed E-state index contributed by atoms with van der Waals surface area (Å²) in [6.07, 6.45) is 4.82. The largest absolute Gasteiger partial charge is 0.377 e. The number of benzene rings is 1. The number of ether oxygens (including phenoxy) is 1. The smallest absolute Gasteiger partial charge is 0.224 e. The van der Waals surface area contributed by atoms with E-state index in [0.717, 1.165) is 30.0 Å². The summed E-state index contributed by atoms with van der Waals surface area (Å²) >= 11 is 0. The fraction of sp³-hybridized carbons (Fsp3) is 0.435. The molecule has 2 aliphatic heterocycles. The second kappa shape index (κ2) is 7.95. The first kappa shape index (κ1) is 19.6. The second-order valence-electron chi connectivity index (χ2n) is 7.96. The summed E-state index contributed by atoms with van der Waals surface area (Å²) in [6.45, 7) is 9.28. The zero-order valence-electron chi connectivity index (χ0n) is 17.5. The third-order valence-corrected chi connectivity index (χ3v) is 6.07. The van der Waals surface area contributed by atoms with Gasteiger partial charge in [0.25, 0.3) is 0 Å². The highest BCUT2D eigenvalue weighted by molar-refractivity contribution is 5.94. The number of aromatic nitrogens is 2. The summed E-state index contributed by atoms with van der Waals surface area (Å²) < 4.78 is 5.47. The number of nitrogens with zero attached hydrogens (tertiary/aromatic N) is 3. The molecule has 0 radical (unpaired) electrons. The van der Waals surface area contributed by atoms with Crippen molar-refractivity contribution in [2.45, 2.75) is 46.2 Å². The van der Waals surface area contributed by atoms with Crippen molar-refractivity contribution in [3.8, 4) is 0 Å². The molecule has 1 N–H and O–H groups in total. The summed E-state index contributed by atoms with van der Waals surface area (Å²) in [5.74, 6) is 0.871. The second-order valence-corrected chi connectivity index (χ2v) is 7.96. The van der Waals surface area contributed by atoms with Crippen molar-refractivity contribution in [2.75, 3.05) is 23.4 Å². The van der Waals surface area contributed by atoms with Crippen molar-refractivity contribution < 1.29 is 9.53 Å². The average molecular weight is 393 g/mol. The number of fused-ring (bicyclic) bond motifs is 1. The highest BCUT2D eigenvalue weighted by atomic mass is 16.5. The van der Waals surface area contributed by atoms with Crippen molar-refractivity contribution in [3.05, 3.63) is 53.4 Å². The molecule has 6 nitrogen and oxygen atoms in total. The van der Waals surface area contributed by atoms with Gasteiger partial charge in [-0.3, -0.25) is 4.79 Å². The third-order valence-electron chi connectivity index (χ3n) is 6.07. The van der Waals surface area contributed by atoms with Gasteiger partial charge in [0.05, 0.1) is 19.3 Å². The molecule has 0 saturated carbocycles. The molecule has 0 spiro atoms. The molecule has 0 fully saturated rings. The standard InChI is InChI=1S/C23H28N4O2/c1-14-7-10-24-23(25-14)26-22-15(2)16(3)27(17(4)28)21-6-5-19(13-20(21)22)18-8-11-29-12-9-18/h5-8,10,13,15-16,22H,9,11-12H2,1-4H3,(H,24,25,26)/t15-,16-,22?/m0/s1. The van der Waals surface area contributed by atoms with Gasteiger partial charge < -0.3 is 15.0 Å². The van der Waals surface area contributed by atoms with Gasteiger partial charge in [-0.2, -0.15) is 0 Å². The number of carbonyl (C=O) groups excluding carboxylic acids is 1. The lowest BCUT2D eigenvalue weighted by Crippen LogP contribution is -2.48. The maximum atomic E-state index is 12.5. The van der Waals surface area contributed by atoms with Crippen LogP contribution in [0.2, 0.25) is 0 Å². The SMILES string of the molecule is CC(=O)N1c2ccc(C3=CCOCC3)cc2C(Nc2nccc(C)n2)[C@@H](C)[C@@H]1C. The van der Waals surface area contributed by atoms with Gasteiger partial charge in [-0.05, 0) is 55.2 Å². The number of aryl methyl sites for hydroxylation is 1. The van der Waals surface area contributed by atoms with Crippen LogP contribution in [0.4, 0.5) is 11.6 Å². The molecular formula is C23H28N4O2. The summed E-state index contributed by atoms with van der Waals surface area (Å²) in [6, 6.07) is 8.39. The number of amides is 1. The van der Waals surface area contributed by atoms with Crippen LogP contribution in [0.25, 0.3) is 5.57 Å². The highest BCUT2D eigenvalue weighted by Crippen LogP contribution is 2.43. The van der Waals surface area contributed by atoms with E-state index in [1.165, 1.54) is 11.1 Å². The Bertz CT molecular complexity index is 956. The minimum Gasteiger partial charge on any atom is -0.377 e. The van der Waals surface area contributed by atoms with Crippen molar-refractivity contribution >= 4 is 23.1 Å². The number of hydrogen-bond donors (Lipinski definition) is 1. The van der Waals surface area contributed by atoms with Crippen LogP contribution in [0.15, 0.2) is 36.5 Å². The van der Waals surface area contributed by atoms with Crippen LogP contribution in [-0.2, 0) is 9.53 Å². The van der Waals surface area contributed by atoms with Crippen LogP contribution in [0.5, 0.6) is 0 Å². The molecule has 1 amide bonds. The van der Waals surface area contributed by atoms with Gasteiger partial charge in [-0.15, -0.1) is 0 Å².